The lowest BCUT2D eigenvalue weighted by Crippen LogP contribution is -2.39. The summed E-state index contributed by atoms with van der Waals surface area (Å²) < 4.78 is 10.8. The van der Waals surface area contributed by atoms with Crippen molar-refractivity contribution in [2.45, 2.75) is 40.2 Å². The number of benzene rings is 1. The summed E-state index contributed by atoms with van der Waals surface area (Å²) in [7, 11) is 0. The molecule has 0 aromatic heterocycles. The molecular weight excluding hydrogens is 356 g/mol. The first-order chi connectivity index (χ1) is 13.2. The minimum atomic E-state index is -0.846. The highest BCUT2D eigenvalue weighted by molar-refractivity contribution is 6.02. The number of esters is 1. The normalized spacial score (nSPS) is 19.0. The van der Waals surface area contributed by atoms with Crippen molar-refractivity contribution in [1.82, 2.24) is 0 Å². The van der Waals surface area contributed by atoms with Gasteiger partial charge in [-0.3, -0.25) is 4.79 Å². The van der Waals surface area contributed by atoms with Crippen molar-refractivity contribution < 1.29 is 24.2 Å². The van der Waals surface area contributed by atoms with Crippen LogP contribution in [0.2, 0.25) is 0 Å². The van der Waals surface area contributed by atoms with Gasteiger partial charge in [0.05, 0.1) is 6.61 Å². The van der Waals surface area contributed by atoms with E-state index in [1.807, 2.05) is 32.0 Å². The molecule has 1 aromatic rings. The van der Waals surface area contributed by atoms with Gasteiger partial charge in [-0.05, 0) is 37.6 Å². The van der Waals surface area contributed by atoms with Gasteiger partial charge in [-0.2, -0.15) is 0 Å². The predicted octanol–water partition coefficient (Wildman–Crippen LogP) is 3.23. The fourth-order valence-corrected chi connectivity index (χ4v) is 3.09. The maximum atomic E-state index is 12.7. The van der Waals surface area contributed by atoms with Crippen LogP contribution in [0.5, 0.6) is 5.75 Å². The number of allylic oxidation sites excluding steroid dienone is 2. The Kier molecular flexibility index (Phi) is 7.19. The summed E-state index contributed by atoms with van der Waals surface area (Å²) in [6.07, 6.45) is 1.12. The molecule has 0 fully saturated rings. The lowest BCUT2D eigenvalue weighted by Gasteiger charge is -2.35. The monoisotopic (exact) mass is 382 g/mol. The van der Waals surface area contributed by atoms with Crippen molar-refractivity contribution >= 4 is 11.8 Å². The Balaban J connectivity index is 2.09. The molecule has 5 nitrogen and oxygen atoms in total. The van der Waals surface area contributed by atoms with Gasteiger partial charge in [0.2, 0.25) is 0 Å². The lowest BCUT2D eigenvalue weighted by molar-refractivity contribution is -0.157. The Hall–Kier alpha value is -2.84. The van der Waals surface area contributed by atoms with E-state index in [1.54, 1.807) is 32.1 Å². The average Bonchev–Trinajstić information content (AvgIpc) is 2.65. The third-order valence-electron chi connectivity index (χ3n) is 4.57. The molecule has 28 heavy (non-hydrogen) atoms. The van der Waals surface area contributed by atoms with Crippen molar-refractivity contribution in [2.75, 3.05) is 13.2 Å². The summed E-state index contributed by atoms with van der Waals surface area (Å²) in [5.41, 5.74) is 1.55. The SMILES string of the molecule is CC1=C(C#C/C(C)=C/CO)C(C)(C)CC(OC(=O)COc2ccccc2)C1=O. The highest BCUT2D eigenvalue weighted by Crippen LogP contribution is 2.39. The van der Waals surface area contributed by atoms with E-state index in [1.165, 1.54) is 0 Å². The molecule has 148 valence electrons. The molecule has 5 heteroatoms. The van der Waals surface area contributed by atoms with Crippen LogP contribution < -0.4 is 4.74 Å². The smallest absolute Gasteiger partial charge is 0.344 e. The fourth-order valence-electron chi connectivity index (χ4n) is 3.09. The largest absolute Gasteiger partial charge is 0.482 e. The number of carbonyl (C=O) groups is 2. The Morgan fingerprint density at radius 1 is 1.32 bits per heavy atom. The summed E-state index contributed by atoms with van der Waals surface area (Å²) >= 11 is 0. The molecular formula is C23H26O5. The van der Waals surface area contributed by atoms with Crippen LogP contribution in [-0.4, -0.2) is 36.2 Å². The first kappa shape index (κ1) is 21.5. The molecule has 1 N–H and O–H groups in total. The van der Waals surface area contributed by atoms with Crippen LogP contribution in [0.15, 0.2) is 53.1 Å². The number of hydrogen-bond acceptors (Lipinski definition) is 5. The van der Waals surface area contributed by atoms with Gasteiger partial charge >= 0.3 is 5.97 Å². The molecule has 0 bridgehead atoms. The van der Waals surface area contributed by atoms with E-state index in [4.69, 9.17) is 14.6 Å². The van der Waals surface area contributed by atoms with Gasteiger partial charge in [0, 0.05) is 23.0 Å². The van der Waals surface area contributed by atoms with Crippen LogP contribution in [0, 0.1) is 17.3 Å². The molecule has 0 aliphatic heterocycles. The number of ketones is 1. The number of aliphatic hydroxyl groups excluding tert-OH is 1. The summed E-state index contributed by atoms with van der Waals surface area (Å²) in [6.45, 7) is 7.12. The first-order valence-corrected chi connectivity index (χ1v) is 9.17. The van der Waals surface area contributed by atoms with E-state index < -0.39 is 17.5 Å². The molecule has 1 atom stereocenters. The maximum absolute atomic E-state index is 12.7. The molecule has 0 heterocycles. The second kappa shape index (κ2) is 9.38. The second-order valence-electron chi connectivity index (χ2n) is 7.35. The standard InChI is InChI=1S/C23H26O5/c1-16(12-13-24)10-11-19-17(2)22(26)20(14-23(19,3)4)28-21(25)15-27-18-8-6-5-7-9-18/h5-9,12,20,24H,13-15H2,1-4H3/b16-12+. The predicted molar refractivity (Wildman–Crippen MR) is 107 cm³/mol. The Labute approximate surface area is 166 Å². The van der Waals surface area contributed by atoms with Gasteiger partial charge in [0.15, 0.2) is 18.5 Å². The minimum Gasteiger partial charge on any atom is -0.482 e. The van der Waals surface area contributed by atoms with Crippen LogP contribution in [0.4, 0.5) is 0 Å². The van der Waals surface area contributed by atoms with Crippen molar-refractivity contribution in [3.05, 3.63) is 53.1 Å². The van der Waals surface area contributed by atoms with Crippen molar-refractivity contribution in [3.8, 4) is 17.6 Å². The van der Waals surface area contributed by atoms with E-state index in [-0.39, 0.29) is 19.0 Å². The van der Waals surface area contributed by atoms with Gasteiger partial charge in [0.25, 0.3) is 0 Å². The number of hydrogen-bond donors (Lipinski definition) is 1. The van der Waals surface area contributed by atoms with Gasteiger partial charge in [-0.15, -0.1) is 0 Å². The molecule has 1 aromatic carbocycles. The lowest BCUT2D eigenvalue weighted by atomic mass is 9.71. The van der Waals surface area contributed by atoms with Gasteiger partial charge in [-0.25, -0.2) is 4.79 Å². The fraction of sp³-hybridized carbons (Fsp3) is 0.391. The number of para-hydroxylation sites is 1. The van der Waals surface area contributed by atoms with Crippen LogP contribution >= 0.6 is 0 Å². The summed E-state index contributed by atoms with van der Waals surface area (Å²) in [6, 6.07) is 8.95. The van der Waals surface area contributed by atoms with Gasteiger partial charge in [0.1, 0.15) is 5.75 Å². The first-order valence-electron chi connectivity index (χ1n) is 9.17. The maximum Gasteiger partial charge on any atom is 0.344 e. The number of ether oxygens (including phenoxy) is 2. The number of Topliss-reactive ketones (excluding diaryl/α,β-unsaturated/α-hetero) is 1. The molecule has 0 saturated heterocycles. The molecule has 2 rings (SSSR count). The average molecular weight is 382 g/mol. The molecule has 0 saturated carbocycles. The Bertz CT molecular complexity index is 850. The number of aliphatic hydroxyl groups is 1. The Morgan fingerprint density at radius 3 is 2.64 bits per heavy atom. The zero-order valence-electron chi connectivity index (χ0n) is 16.7. The van der Waals surface area contributed by atoms with Crippen molar-refractivity contribution in [1.29, 1.82) is 0 Å². The number of rotatable bonds is 5. The molecule has 1 aliphatic rings. The van der Waals surface area contributed by atoms with Gasteiger partial charge < -0.3 is 14.6 Å². The Morgan fingerprint density at radius 2 is 2.00 bits per heavy atom. The van der Waals surface area contributed by atoms with E-state index in [2.05, 4.69) is 11.8 Å². The summed E-state index contributed by atoms with van der Waals surface area (Å²) in [5, 5.41) is 8.94. The molecule has 0 radical (unpaired) electrons. The zero-order valence-corrected chi connectivity index (χ0v) is 16.7. The highest BCUT2D eigenvalue weighted by atomic mass is 16.6. The van der Waals surface area contributed by atoms with Gasteiger partial charge in [-0.1, -0.05) is 43.9 Å². The number of carbonyl (C=O) groups excluding carboxylic acids is 2. The van der Waals surface area contributed by atoms with E-state index in [0.29, 0.717) is 17.7 Å². The van der Waals surface area contributed by atoms with Crippen LogP contribution in [0.25, 0.3) is 0 Å². The molecule has 1 aliphatic carbocycles. The highest BCUT2D eigenvalue weighted by Gasteiger charge is 2.40. The van der Waals surface area contributed by atoms with Crippen LogP contribution in [-0.2, 0) is 14.3 Å². The van der Waals surface area contributed by atoms with E-state index in [0.717, 1.165) is 11.1 Å². The van der Waals surface area contributed by atoms with Crippen LogP contribution in [0.3, 0.4) is 0 Å². The molecule has 1 unspecified atom stereocenters. The quantitative estimate of drug-likeness (QED) is 0.625. The van der Waals surface area contributed by atoms with E-state index in [9.17, 15) is 9.59 Å². The van der Waals surface area contributed by atoms with Crippen molar-refractivity contribution in [3.63, 3.8) is 0 Å². The summed E-state index contributed by atoms with van der Waals surface area (Å²) in [5.74, 6) is 5.78. The topological polar surface area (TPSA) is 72.8 Å². The summed E-state index contributed by atoms with van der Waals surface area (Å²) in [4.78, 5) is 24.8. The van der Waals surface area contributed by atoms with Crippen molar-refractivity contribution in [2.24, 2.45) is 5.41 Å². The molecule has 0 spiro atoms. The third-order valence-corrected chi connectivity index (χ3v) is 4.57. The van der Waals surface area contributed by atoms with Crippen LogP contribution in [0.1, 0.15) is 34.1 Å². The van der Waals surface area contributed by atoms with E-state index >= 15 is 0 Å². The zero-order chi connectivity index (χ0) is 20.7. The second-order valence-corrected chi connectivity index (χ2v) is 7.35. The minimum absolute atomic E-state index is 0.0794. The third kappa shape index (κ3) is 5.58. The molecule has 0 amide bonds.